The van der Waals surface area contributed by atoms with Crippen molar-refractivity contribution in [3.8, 4) is 0 Å². The molecule has 1 atom stereocenters. The third-order valence-corrected chi connectivity index (χ3v) is 3.34. The van der Waals surface area contributed by atoms with Crippen molar-refractivity contribution in [2.24, 2.45) is 11.8 Å². The van der Waals surface area contributed by atoms with E-state index < -0.39 is 0 Å². The highest BCUT2D eigenvalue weighted by Crippen LogP contribution is 2.31. The van der Waals surface area contributed by atoms with Crippen molar-refractivity contribution in [2.75, 3.05) is 18.9 Å². The SMILES string of the molecule is Cc1cnc(N)c(C(NN)C2CCOCC2)c1. The summed E-state index contributed by atoms with van der Waals surface area (Å²) in [6.07, 6.45) is 3.78. The summed E-state index contributed by atoms with van der Waals surface area (Å²) in [5, 5.41) is 0. The Morgan fingerprint density at radius 1 is 1.47 bits per heavy atom. The van der Waals surface area contributed by atoms with Crippen LogP contribution in [0.25, 0.3) is 0 Å². The number of rotatable bonds is 3. The minimum absolute atomic E-state index is 0.0614. The maximum atomic E-state index is 5.93. The van der Waals surface area contributed by atoms with Gasteiger partial charge in [0.1, 0.15) is 5.82 Å². The van der Waals surface area contributed by atoms with Crippen LogP contribution in [-0.4, -0.2) is 18.2 Å². The molecular formula is C12H20N4O. The minimum atomic E-state index is 0.0614. The Balaban J connectivity index is 2.24. The number of ether oxygens (including phenoxy) is 1. The van der Waals surface area contributed by atoms with Crippen LogP contribution in [0.1, 0.15) is 30.0 Å². The summed E-state index contributed by atoms with van der Waals surface area (Å²) in [6.45, 7) is 3.59. The van der Waals surface area contributed by atoms with Crippen LogP contribution >= 0.6 is 0 Å². The van der Waals surface area contributed by atoms with Gasteiger partial charge in [0.2, 0.25) is 0 Å². The van der Waals surface area contributed by atoms with Gasteiger partial charge < -0.3 is 10.5 Å². The highest BCUT2D eigenvalue weighted by molar-refractivity contribution is 5.43. The number of aryl methyl sites for hydroxylation is 1. The van der Waals surface area contributed by atoms with E-state index in [1.807, 2.05) is 6.92 Å². The van der Waals surface area contributed by atoms with Gasteiger partial charge in [0.25, 0.3) is 0 Å². The van der Waals surface area contributed by atoms with Crippen molar-refractivity contribution >= 4 is 5.82 Å². The van der Waals surface area contributed by atoms with E-state index in [9.17, 15) is 0 Å². The molecule has 5 heteroatoms. The summed E-state index contributed by atoms with van der Waals surface area (Å²) in [6, 6.07) is 2.12. The molecule has 0 amide bonds. The van der Waals surface area contributed by atoms with E-state index in [2.05, 4.69) is 16.5 Å². The minimum Gasteiger partial charge on any atom is -0.383 e. The lowest BCUT2D eigenvalue weighted by Crippen LogP contribution is -2.36. The number of nitrogens with zero attached hydrogens (tertiary/aromatic N) is 1. The lowest BCUT2D eigenvalue weighted by atomic mass is 9.87. The molecule has 1 aliphatic heterocycles. The molecule has 0 aliphatic carbocycles. The molecule has 17 heavy (non-hydrogen) atoms. The van der Waals surface area contributed by atoms with Gasteiger partial charge in [0.15, 0.2) is 0 Å². The number of hydrogen-bond acceptors (Lipinski definition) is 5. The number of hydrogen-bond donors (Lipinski definition) is 3. The fraction of sp³-hybridized carbons (Fsp3) is 0.583. The van der Waals surface area contributed by atoms with E-state index >= 15 is 0 Å². The van der Waals surface area contributed by atoms with Crippen LogP contribution in [0.15, 0.2) is 12.3 Å². The van der Waals surface area contributed by atoms with E-state index in [-0.39, 0.29) is 6.04 Å². The smallest absolute Gasteiger partial charge is 0.128 e. The molecule has 5 N–H and O–H groups in total. The maximum Gasteiger partial charge on any atom is 0.128 e. The Bertz CT molecular complexity index is 377. The Hall–Kier alpha value is -1.17. The van der Waals surface area contributed by atoms with Crippen molar-refractivity contribution in [3.63, 3.8) is 0 Å². The van der Waals surface area contributed by atoms with Gasteiger partial charge >= 0.3 is 0 Å². The zero-order valence-electron chi connectivity index (χ0n) is 10.1. The first-order valence-corrected chi connectivity index (χ1v) is 5.98. The van der Waals surface area contributed by atoms with Gasteiger partial charge in [0.05, 0.1) is 6.04 Å². The quantitative estimate of drug-likeness (QED) is 0.536. The Kier molecular flexibility index (Phi) is 3.93. The molecule has 1 aromatic heterocycles. The van der Waals surface area contributed by atoms with E-state index in [0.29, 0.717) is 11.7 Å². The first kappa shape index (κ1) is 12.3. The zero-order chi connectivity index (χ0) is 12.3. The first-order valence-electron chi connectivity index (χ1n) is 5.98. The van der Waals surface area contributed by atoms with Crippen LogP contribution in [0.5, 0.6) is 0 Å². The molecule has 1 aromatic rings. The molecule has 0 saturated carbocycles. The molecule has 2 rings (SSSR count). The normalized spacial score (nSPS) is 19.2. The van der Waals surface area contributed by atoms with Crippen molar-refractivity contribution in [2.45, 2.75) is 25.8 Å². The Morgan fingerprint density at radius 3 is 2.82 bits per heavy atom. The molecule has 1 aliphatic rings. The fourth-order valence-electron chi connectivity index (χ4n) is 2.38. The van der Waals surface area contributed by atoms with Crippen LogP contribution in [0, 0.1) is 12.8 Å². The third kappa shape index (κ3) is 2.74. The highest BCUT2D eigenvalue weighted by atomic mass is 16.5. The van der Waals surface area contributed by atoms with Crippen LogP contribution in [0.3, 0.4) is 0 Å². The molecule has 0 aromatic carbocycles. The second-order valence-corrected chi connectivity index (χ2v) is 4.58. The fourth-order valence-corrected chi connectivity index (χ4v) is 2.38. The van der Waals surface area contributed by atoms with Gasteiger partial charge in [0, 0.05) is 25.0 Å². The lowest BCUT2D eigenvalue weighted by Gasteiger charge is -2.30. The zero-order valence-corrected chi connectivity index (χ0v) is 10.1. The maximum absolute atomic E-state index is 5.93. The Labute approximate surface area is 102 Å². The van der Waals surface area contributed by atoms with E-state index in [1.165, 1.54) is 0 Å². The number of aromatic nitrogens is 1. The number of hydrazine groups is 1. The second-order valence-electron chi connectivity index (χ2n) is 4.58. The van der Waals surface area contributed by atoms with E-state index in [0.717, 1.165) is 37.2 Å². The Morgan fingerprint density at radius 2 is 2.18 bits per heavy atom. The molecule has 1 saturated heterocycles. The van der Waals surface area contributed by atoms with Gasteiger partial charge in [-0.05, 0) is 37.3 Å². The molecule has 0 bridgehead atoms. The van der Waals surface area contributed by atoms with E-state index in [4.69, 9.17) is 16.3 Å². The molecule has 1 fully saturated rings. The van der Waals surface area contributed by atoms with Crippen molar-refractivity contribution < 1.29 is 4.74 Å². The van der Waals surface area contributed by atoms with E-state index in [1.54, 1.807) is 6.20 Å². The number of nitrogens with two attached hydrogens (primary N) is 2. The lowest BCUT2D eigenvalue weighted by molar-refractivity contribution is 0.0537. The van der Waals surface area contributed by atoms with Crippen LogP contribution < -0.4 is 17.0 Å². The molecule has 1 unspecified atom stereocenters. The van der Waals surface area contributed by atoms with Crippen LogP contribution in [0.4, 0.5) is 5.82 Å². The molecule has 94 valence electrons. The molecular weight excluding hydrogens is 216 g/mol. The summed E-state index contributed by atoms with van der Waals surface area (Å²) in [7, 11) is 0. The third-order valence-electron chi connectivity index (χ3n) is 3.34. The number of anilines is 1. The first-order chi connectivity index (χ1) is 8.22. The van der Waals surface area contributed by atoms with Gasteiger partial charge in [-0.3, -0.25) is 11.3 Å². The predicted octanol–water partition coefficient (Wildman–Crippen LogP) is 0.903. The molecule has 2 heterocycles. The number of nitrogen functional groups attached to an aromatic ring is 1. The van der Waals surface area contributed by atoms with Crippen LogP contribution in [0.2, 0.25) is 0 Å². The average Bonchev–Trinajstić information content (AvgIpc) is 2.36. The summed E-state index contributed by atoms with van der Waals surface area (Å²) in [5.74, 6) is 6.70. The second kappa shape index (κ2) is 5.44. The molecule has 5 nitrogen and oxygen atoms in total. The van der Waals surface area contributed by atoms with Gasteiger partial charge in [-0.2, -0.15) is 0 Å². The topological polar surface area (TPSA) is 86.2 Å². The van der Waals surface area contributed by atoms with Gasteiger partial charge in [-0.15, -0.1) is 0 Å². The standard InChI is InChI=1S/C12H20N4O/c1-8-6-10(12(13)15-7-8)11(16-14)9-2-4-17-5-3-9/h6-7,9,11,16H,2-5,14H2,1H3,(H2,13,15). The van der Waals surface area contributed by atoms with Crippen molar-refractivity contribution in [3.05, 3.63) is 23.4 Å². The summed E-state index contributed by atoms with van der Waals surface area (Å²) in [5.41, 5.74) is 10.9. The summed E-state index contributed by atoms with van der Waals surface area (Å²) >= 11 is 0. The molecule has 0 radical (unpaired) electrons. The predicted molar refractivity (Wildman–Crippen MR) is 67.0 cm³/mol. The summed E-state index contributed by atoms with van der Waals surface area (Å²) < 4.78 is 5.37. The summed E-state index contributed by atoms with van der Waals surface area (Å²) in [4.78, 5) is 4.19. The largest absolute Gasteiger partial charge is 0.383 e. The monoisotopic (exact) mass is 236 g/mol. The van der Waals surface area contributed by atoms with Gasteiger partial charge in [-0.25, -0.2) is 4.98 Å². The number of pyridine rings is 1. The van der Waals surface area contributed by atoms with Crippen molar-refractivity contribution in [1.82, 2.24) is 10.4 Å². The van der Waals surface area contributed by atoms with Crippen LogP contribution in [-0.2, 0) is 4.74 Å². The highest BCUT2D eigenvalue weighted by Gasteiger charge is 2.26. The van der Waals surface area contributed by atoms with Crippen molar-refractivity contribution in [1.29, 1.82) is 0 Å². The molecule has 0 spiro atoms. The average molecular weight is 236 g/mol. The number of nitrogens with one attached hydrogen (secondary N) is 1. The van der Waals surface area contributed by atoms with Gasteiger partial charge in [-0.1, -0.05) is 0 Å².